The molecular formula is C12H25NO3. The monoisotopic (exact) mass is 231 g/mol. The molecule has 0 aromatic carbocycles. The van der Waals surface area contributed by atoms with Crippen molar-refractivity contribution in [2.24, 2.45) is 0 Å². The van der Waals surface area contributed by atoms with Crippen molar-refractivity contribution in [3.8, 4) is 0 Å². The van der Waals surface area contributed by atoms with E-state index in [1.165, 1.54) is 6.42 Å². The minimum atomic E-state index is -0.178. The SMILES string of the molecule is COCCN(CCOC)[C@@H]1CCCC[C@H]1O. The molecule has 0 aliphatic heterocycles. The summed E-state index contributed by atoms with van der Waals surface area (Å²) in [4.78, 5) is 2.30. The summed E-state index contributed by atoms with van der Waals surface area (Å²) < 4.78 is 10.2. The second-order valence-corrected chi connectivity index (χ2v) is 4.44. The summed E-state index contributed by atoms with van der Waals surface area (Å²) >= 11 is 0. The van der Waals surface area contributed by atoms with Crippen LogP contribution in [-0.2, 0) is 9.47 Å². The van der Waals surface area contributed by atoms with Crippen LogP contribution in [0.3, 0.4) is 0 Å². The second kappa shape index (κ2) is 8.01. The Balaban J connectivity index is 2.44. The normalized spacial score (nSPS) is 26.2. The highest BCUT2D eigenvalue weighted by atomic mass is 16.5. The number of methoxy groups -OCH3 is 2. The maximum Gasteiger partial charge on any atom is 0.0695 e. The van der Waals surface area contributed by atoms with Crippen molar-refractivity contribution >= 4 is 0 Å². The number of hydrogen-bond donors (Lipinski definition) is 1. The molecule has 1 fully saturated rings. The van der Waals surface area contributed by atoms with Gasteiger partial charge in [0.1, 0.15) is 0 Å². The minimum Gasteiger partial charge on any atom is -0.391 e. The molecule has 1 aliphatic rings. The molecule has 0 unspecified atom stereocenters. The number of aliphatic hydroxyl groups is 1. The summed E-state index contributed by atoms with van der Waals surface area (Å²) in [7, 11) is 3.43. The van der Waals surface area contributed by atoms with E-state index in [4.69, 9.17) is 9.47 Å². The lowest BCUT2D eigenvalue weighted by Crippen LogP contribution is -2.48. The summed E-state index contributed by atoms with van der Waals surface area (Å²) in [6, 6.07) is 0.291. The maximum atomic E-state index is 10.0. The van der Waals surface area contributed by atoms with Crippen LogP contribution in [0.1, 0.15) is 25.7 Å². The van der Waals surface area contributed by atoms with Crippen LogP contribution in [0.4, 0.5) is 0 Å². The van der Waals surface area contributed by atoms with Gasteiger partial charge in [0.15, 0.2) is 0 Å². The summed E-state index contributed by atoms with van der Waals surface area (Å²) in [6.07, 6.45) is 4.22. The van der Waals surface area contributed by atoms with E-state index in [-0.39, 0.29) is 6.10 Å². The highest BCUT2D eigenvalue weighted by Gasteiger charge is 2.28. The van der Waals surface area contributed by atoms with Crippen LogP contribution >= 0.6 is 0 Å². The van der Waals surface area contributed by atoms with Crippen LogP contribution in [0.5, 0.6) is 0 Å². The molecule has 4 heteroatoms. The molecule has 0 aromatic rings. The second-order valence-electron chi connectivity index (χ2n) is 4.44. The van der Waals surface area contributed by atoms with Crippen molar-refractivity contribution in [2.75, 3.05) is 40.5 Å². The molecule has 4 nitrogen and oxygen atoms in total. The van der Waals surface area contributed by atoms with Gasteiger partial charge in [-0.2, -0.15) is 0 Å². The van der Waals surface area contributed by atoms with Crippen molar-refractivity contribution in [1.29, 1.82) is 0 Å². The lowest BCUT2D eigenvalue weighted by atomic mass is 9.91. The lowest BCUT2D eigenvalue weighted by molar-refractivity contribution is -0.00115. The van der Waals surface area contributed by atoms with Gasteiger partial charge in [0.2, 0.25) is 0 Å². The first-order valence-electron chi connectivity index (χ1n) is 6.19. The third-order valence-electron chi connectivity index (χ3n) is 3.33. The van der Waals surface area contributed by atoms with E-state index in [0.717, 1.165) is 32.4 Å². The number of hydrogen-bond acceptors (Lipinski definition) is 4. The zero-order chi connectivity index (χ0) is 11.8. The molecule has 0 spiro atoms. The molecule has 0 radical (unpaired) electrons. The summed E-state index contributed by atoms with van der Waals surface area (Å²) in [5.74, 6) is 0. The molecule has 0 aromatic heterocycles. The van der Waals surface area contributed by atoms with Gasteiger partial charge in [-0.15, -0.1) is 0 Å². The zero-order valence-corrected chi connectivity index (χ0v) is 10.5. The van der Waals surface area contributed by atoms with Crippen LogP contribution in [0.2, 0.25) is 0 Å². The summed E-state index contributed by atoms with van der Waals surface area (Å²) in [5, 5.41) is 10.0. The Morgan fingerprint density at radius 3 is 2.12 bits per heavy atom. The summed E-state index contributed by atoms with van der Waals surface area (Å²) in [6.45, 7) is 3.18. The predicted molar refractivity (Wildman–Crippen MR) is 63.6 cm³/mol. The van der Waals surface area contributed by atoms with E-state index in [2.05, 4.69) is 4.90 Å². The third kappa shape index (κ3) is 4.37. The molecule has 1 aliphatic carbocycles. The van der Waals surface area contributed by atoms with Gasteiger partial charge in [-0.1, -0.05) is 12.8 Å². The van der Waals surface area contributed by atoms with Gasteiger partial charge >= 0.3 is 0 Å². The Morgan fingerprint density at radius 1 is 1.06 bits per heavy atom. The van der Waals surface area contributed by atoms with Crippen LogP contribution in [0, 0.1) is 0 Å². The molecule has 16 heavy (non-hydrogen) atoms. The zero-order valence-electron chi connectivity index (χ0n) is 10.5. The van der Waals surface area contributed by atoms with Crippen molar-refractivity contribution in [2.45, 2.75) is 37.8 Å². The van der Waals surface area contributed by atoms with Crippen molar-refractivity contribution in [3.63, 3.8) is 0 Å². The maximum absolute atomic E-state index is 10.0. The fourth-order valence-corrected chi connectivity index (χ4v) is 2.38. The molecule has 0 amide bonds. The topological polar surface area (TPSA) is 41.9 Å². The van der Waals surface area contributed by atoms with E-state index in [1.807, 2.05) is 0 Å². The molecular weight excluding hydrogens is 206 g/mol. The van der Waals surface area contributed by atoms with Crippen molar-refractivity contribution in [3.05, 3.63) is 0 Å². The van der Waals surface area contributed by atoms with E-state index in [9.17, 15) is 5.11 Å². The third-order valence-corrected chi connectivity index (χ3v) is 3.33. The average Bonchev–Trinajstić information content (AvgIpc) is 2.31. The van der Waals surface area contributed by atoms with Gasteiger partial charge in [-0.3, -0.25) is 4.90 Å². The van der Waals surface area contributed by atoms with Gasteiger partial charge in [-0.05, 0) is 12.8 Å². The fourth-order valence-electron chi connectivity index (χ4n) is 2.38. The largest absolute Gasteiger partial charge is 0.391 e. The number of rotatable bonds is 7. The van der Waals surface area contributed by atoms with Crippen molar-refractivity contribution in [1.82, 2.24) is 4.90 Å². The molecule has 0 heterocycles. The molecule has 1 saturated carbocycles. The van der Waals surface area contributed by atoms with E-state index < -0.39 is 0 Å². The summed E-state index contributed by atoms with van der Waals surface area (Å²) in [5.41, 5.74) is 0. The number of nitrogens with zero attached hydrogens (tertiary/aromatic N) is 1. The molecule has 2 atom stereocenters. The average molecular weight is 231 g/mol. The first kappa shape index (κ1) is 13.9. The van der Waals surface area contributed by atoms with Crippen LogP contribution in [0.25, 0.3) is 0 Å². The number of ether oxygens (including phenoxy) is 2. The van der Waals surface area contributed by atoms with Gasteiger partial charge in [-0.25, -0.2) is 0 Å². The van der Waals surface area contributed by atoms with Gasteiger partial charge in [0.05, 0.1) is 19.3 Å². The highest BCUT2D eigenvalue weighted by Crippen LogP contribution is 2.22. The van der Waals surface area contributed by atoms with Crippen LogP contribution in [-0.4, -0.2) is 62.7 Å². The Bertz CT molecular complexity index is 170. The quantitative estimate of drug-likeness (QED) is 0.706. The first-order chi connectivity index (χ1) is 7.79. The smallest absolute Gasteiger partial charge is 0.0695 e. The van der Waals surface area contributed by atoms with E-state index in [0.29, 0.717) is 19.3 Å². The molecule has 96 valence electrons. The fraction of sp³-hybridized carbons (Fsp3) is 1.00. The van der Waals surface area contributed by atoms with E-state index >= 15 is 0 Å². The van der Waals surface area contributed by atoms with Gasteiger partial charge in [0, 0.05) is 33.4 Å². The molecule has 0 bridgehead atoms. The molecule has 1 N–H and O–H groups in total. The molecule has 0 saturated heterocycles. The predicted octanol–water partition coefficient (Wildman–Crippen LogP) is 0.885. The number of aliphatic hydroxyl groups excluding tert-OH is 1. The minimum absolute atomic E-state index is 0.178. The Kier molecular flexibility index (Phi) is 6.96. The Morgan fingerprint density at radius 2 is 1.62 bits per heavy atom. The first-order valence-corrected chi connectivity index (χ1v) is 6.19. The van der Waals surface area contributed by atoms with E-state index in [1.54, 1.807) is 14.2 Å². The highest BCUT2D eigenvalue weighted by molar-refractivity contribution is 4.83. The van der Waals surface area contributed by atoms with Crippen LogP contribution < -0.4 is 0 Å². The Labute approximate surface area is 98.5 Å². The van der Waals surface area contributed by atoms with Gasteiger partial charge in [0.25, 0.3) is 0 Å². The van der Waals surface area contributed by atoms with Crippen LogP contribution in [0.15, 0.2) is 0 Å². The molecule has 1 rings (SSSR count). The standard InChI is InChI=1S/C12H25NO3/c1-15-9-7-13(8-10-16-2)11-5-3-4-6-12(11)14/h11-12,14H,3-10H2,1-2H3/t11-,12-/m1/s1. The van der Waals surface area contributed by atoms with Gasteiger partial charge < -0.3 is 14.6 Å². The lowest BCUT2D eigenvalue weighted by Gasteiger charge is -2.37. The Hall–Kier alpha value is -0.160. The van der Waals surface area contributed by atoms with Crippen molar-refractivity contribution < 1.29 is 14.6 Å².